The molecule has 0 bridgehead atoms. The number of carboxylic acids is 1. The molecule has 0 aliphatic carbocycles. The third-order valence-corrected chi connectivity index (χ3v) is 3.49. The van der Waals surface area contributed by atoms with Crippen LogP contribution in [0.1, 0.15) is 6.42 Å². The molecule has 4 nitrogen and oxygen atoms in total. The van der Waals surface area contributed by atoms with Gasteiger partial charge in [-0.3, -0.25) is 9.78 Å². The number of rotatable bonds is 2. The predicted octanol–water partition coefficient (Wildman–Crippen LogP) is 2.15. The zero-order chi connectivity index (χ0) is 12.5. The van der Waals surface area contributed by atoms with E-state index in [2.05, 4.69) is 9.88 Å². The molecule has 18 heavy (non-hydrogen) atoms. The number of anilines is 1. The van der Waals surface area contributed by atoms with Crippen LogP contribution >= 0.6 is 0 Å². The van der Waals surface area contributed by atoms with Crippen LogP contribution in [-0.2, 0) is 4.79 Å². The van der Waals surface area contributed by atoms with Crippen LogP contribution in [0.25, 0.3) is 10.9 Å². The average molecular weight is 242 g/mol. The molecule has 0 saturated carbocycles. The SMILES string of the molecule is O=C(O)[C@@H]1CCN(c2ccc3cccnc3c2)C1. The zero-order valence-electron chi connectivity index (χ0n) is 9.91. The summed E-state index contributed by atoms with van der Waals surface area (Å²) >= 11 is 0. The second-order valence-electron chi connectivity index (χ2n) is 4.65. The van der Waals surface area contributed by atoms with E-state index in [1.807, 2.05) is 30.3 Å². The molecule has 2 heterocycles. The standard InChI is InChI=1S/C14H14N2O2/c17-14(18)11-5-7-16(9-11)12-4-3-10-2-1-6-15-13(10)8-12/h1-4,6,8,11H,5,7,9H2,(H,17,18)/t11-/m1/s1. The van der Waals surface area contributed by atoms with E-state index in [-0.39, 0.29) is 5.92 Å². The van der Waals surface area contributed by atoms with Crippen molar-refractivity contribution in [3.8, 4) is 0 Å². The molecule has 0 spiro atoms. The Balaban J connectivity index is 1.89. The highest BCUT2D eigenvalue weighted by molar-refractivity contribution is 5.82. The first-order chi connectivity index (χ1) is 8.74. The summed E-state index contributed by atoms with van der Waals surface area (Å²) in [6, 6.07) is 10.0. The van der Waals surface area contributed by atoms with Crippen molar-refractivity contribution in [1.82, 2.24) is 4.98 Å². The average Bonchev–Trinajstić information content (AvgIpc) is 2.88. The monoisotopic (exact) mass is 242 g/mol. The number of carbonyl (C=O) groups is 1. The van der Waals surface area contributed by atoms with Crippen LogP contribution < -0.4 is 4.90 Å². The summed E-state index contributed by atoms with van der Waals surface area (Å²) in [5.74, 6) is -0.944. The van der Waals surface area contributed by atoms with Crippen molar-refractivity contribution in [2.45, 2.75) is 6.42 Å². The van der Waals surface area contributed by atoms with Crippen LogP contribution in [0, 0.1) is 5.92 Å². The largest absolute Gasteiger partial charge is 0.481 e. The Kier molecular flexibility index (Phi) is 2.63. The molecular formula is C14H14N2O2. The second-order valence-corrected chi connectivity index (χ2v) is 4.65. The molecule has 1 aromatic heterocycles. The number of pyridine rings is 1. The van der Waals surface area contributed by atoms with Crippen molar-refractivity contribution < 1.29 is 9.90 Å². The van der Waals surface area contributed by atoms with Gasteiger partial charge in [0.1, 0.15) is 0 Å². The Morgan fingerprint density at radius 1 is 1.39 bits per heavy atom. The fraction of sp³-hybridized carbons (Fsp3) is 0.286. The molecule has 3 rings (SSSR count). The first kappa shape index (κ1) is 11.0. The van der Waals surface area contributed by atoms with Gasteiger partial charge in [-0.05, 0) is 24.6 Å². The van der Waals surface area contributed by atoms with E-state index in [9.17, 15) is 4.79 Å². The number of hydrogen-bond donors (Lipinski definition) is 1. The van der Waals surface area contributed by atoms with Crippen molar-refractivity contribution in [2.75, 3.05) is 18.0 Å². The lowest BCUT2D eigenvalue weighted by Crippen LogP contribution is -2.22. The fourth-order valence-electron chi connectivity index (χ4n) is 2.45. The summed E-state index contributed by atoms with van der Waals surface area (Å²) in [7, 11) is 0. The Bertz CT molecular complexity index is 597. The van der Waals surface area contributed by atoms with Gasteiger partial charge in [0.2, 0.25) is 0 Å². The van der Waals surface area contributed by atoms with Crippen LogP contribution in [0.4, 0.5) is 5.69 Å². The third kappa shape index (κ3) is 1.90. The molecule has 1 aliphatic heterocycles. The third-order valence-electron chi connectivity index (χ3n) is 3.49. The lowest BCUT2D eigenvalue weighted by Gasteiger charge is -2.18. The first-order valence-electron chi connectivity index (χ1n) is 6.06. The Hall–Kier alpha value is -2.10. The molecular weight excluding hydrogens is 228 g/mol. The molecule has 0 amide bonds. The van der Waals surface area contributed by atoms with Crippen LogP contribution in [0.5, 0.6) is 0 Å². The molecule has 1 aliphatic rings. The topological polar surface area (TPSA) is 53.4 Å². The smallest absolute Gasteiger partial charge is 0.308 e. The summed E-state index contributed by atoms with van der Waals surface area (Å²) in [5.41, 5.74) is 2.01. The minimum Gasteiger partial charge on any atom is -0.481 e. The summed E-state index contributed by atoms with van der Waals surface area (Å²) < 4.78 is 0. The number of benzene rings is 1. The fourth-order valence-corrected chi connectivity index (χ4v) is 2.45. The van der Waals surface area contributed by atoms with Gasteiger partial charge in [-0.2, -0.15) is 0 Å². The van der Waals surface area contributed by atoms with Gasteiger partial charge in [0.05, 0.1) is 11.4 Å². The Morgan fingerprint density at radius 3 is 3.06 bits per heavy atom. The highest BCUT2D eigenvalue weighted by atomic mass is 16.4. The molecule has 1 atom stereocenters. The zero-order valence-corrected chi connectivity index (χ0v) is 9.91. The number of fused-ring (bicyclic) bond motifs is 1. The molecule has 92 valence electrons. The van der Waals surface area contributed by atoms with Crippen molar-refractivity contribution >= 4 is 22.6 Å². The van der Waals surface area contributed by atoms with Crippen molar-refractivity contribution in [3.05, 3.63) is 36.5 Å². The van der Waals surface area contributed by atoms with Gasteiger partial charge in [-0.1, -0.05) is 12.1 Å². The maximum absolute atomic E-state index is 11.0. The number of carboxylic acid groups (broad SMARTS) is 1. The highest BCUT2D eigenvalue weighted by Gasteiger charge is 2.28. The van der Waals surface area contributed by atoms with E-state index < -0.39 is 5.97 Å². The van der Waals surface area contributed by atoms with Gasteiger partial charge in [-0.15, -0.1) is 0 Å². The van der Waals surface area contributed by atoms with Gasteiger partial charge >= 0.3 is 5.97 Å². The Labute approximate surface area is 105 Å². The second kappa shape index (κ2) is 4.29. The molecule has 1 fully saturated rings. The number of hydrogen-bond acceptors (Lipinski definition) is 3. The predicted molar refractivity (Wildman–Crippen MR) is 69.7 cm³/mol. The summed E-state index contributed by atoms with van der Waals surface area (Å²) in [6.45, 7) is 1.39. The number of aliphatic carboxylic acids is 1. The lowest BCUT2D eigenvalue weighted by atomic mass is 10.1. The first-order valence-corrected chi connectivity index (χ1v) is 6.06. The molecule has 1 aromatic carbocycles. The normalized spacial score (nSPS) is 19.3. The maximum atomic E-state index is 11.0. The van der Waals surface area contributed by atoms with Crippen LogP contribution in [-0.4, -0.2) is 29.1 Å². The van der Waals surface area contributed by atoms with E-state index >= 15 is 0 Å². The van der Waals surface area contributed by atoms with Crippen LogP contribution in [0.15, 0.2) is 36.5 Å². The molecule has 4 heteroatoms. The van der Waals surface area contributed by atoms with Crippen LogP contribution in [0.2, 0.25) is 0 Å². The van der Waals surface area contributed by atoms with E-state index in [0.717, 1.165) is 29.6 Å². The quantitative estimate of drug-likeness (QED) is 0.876. The van der Waals surface area contributed by atoms with Gasteiger partial charge < -0.3 is 10.0 Å². The molecule has 0 unspecified atom stereocenters. The maximum Gasteiger partial charge on any atom is 0.308 e. The lowest BCUT2D eigenvalue weighted by molar-refractivity contribution is -0.140. The number of nitrogens with zero attached hydrogens (tertiary/aromatic N) is 2. The van der Waals surface area contributed by atoms with Gasteiger partial charge in [-0.25, -0.2) is 0 Å². The minimum absolute atomic E-state index is 0.246. The van der Waals surface area contributed by atoms with Crippen molar-refractivity contribution in [3.63, 3.8) is 0 Å². The van der Waals surface area contributed by atoms with E-state index in [1.54, 1.807) is 6.20 Å². The number of aromatic nitrogens is 1. The van der Waals surface area contributed by atoms with Gasteiger partial charge in [0.25, 0.3) is 0 Å². The summed E-state index contributed by atoms with van der Waals surface area (Å²) in [5, 5.41) is 10.1. The molecule has 0 radical (unpaired) electrons. The molecule has 2 aromatic rings. The van der Waals surface area contributed by atoms with E-state index in [4.69, 9.17) is 5.11 Å². The van der Waals surface area contributed by atoms with Gasteiger partial charge in [0.15, 0.2) is 0 Å². The highest BCUT2D eigenvalue weighted by Crippen LogP contribution is 2.26. The minimum atomic E-state index is -0.698. The van der Waals surface area contributed by atoms with E-state index in [0.29, 0.717) is 6.54 Å². The van der Waals surface area contributed by atoms with Crippen molar-refractivity contribution in [2.24, 2.45) is 5.92 Å². The van der Waals surface area contributed by atoms with E-state index in [1.165, 1.54) is 0 Å². The summed E-state index contributed by atoms with van der Waals surface area (Å²) in [4.78, 5) is 17.4. The Morgan fingerprint density at radius 2 is 2.28 bits per heavy atom. The molecule has 1 N–H and O–H groups in total. The van der Waals surface area contributed by atoms with Crippen molar-refractivity contribution in [1.29, 1.82) is 0 Å². The van der Waals surface area contributed by atoms with Gasteiger partial charge in [0, 0.05) is 30.4 Å². The van der Waals surface area contributed by atoms with Crippen LogP contribution in [0.3, 0.4) is 0 Å². The summed E-state index contributed by atoms with van der Waals surface area (Å²) in [6.07, 6.45) is 2.49. The molecule has 1 saturated heterocycles.